The summed E-state index contributed by atoms with van der Waals surface area (Å²) in [5, 5.41) is 2.92. The highest BCUT2D eigenvalue weighted by atomic mass is 79.9. The van der Waals surface area contributed by atoms with Crippen LogP contribution in [0.3, 0.4) is 0 Å². The van der Waals surface area contributed by atoms with Crippen LogP contribution in [0.1, 0.15) is 28.8 Å². The Hall–Kier alpha value is -0.870. The molecule has 4 heteroatoms. The van der Waals surface area contributed by atoms with E-state index in [2.05, 4.69) is 21.2 Å². The number of aryl methyl sites for hydroxylation is 1. The molecule has 0 aromatic heterocycles. The molecule has 1 atom stereocenters. The Labute approximate surface area is 110 Å². The second-order valence-electron chi connectivity index (χ2n) is 4.33. The number of nitrogens with one attached hydrogen (secondary N) is 1. The molecular formula is C13H16BrNO2. The fourth-order valence-electron chi connectivity index (χ4n) is 1.92. The molecule has 0 aliphatic carbocycles. The molecule has 17 heavy (non-hydrogen) atoms. The van der Waals surface area contributed by atoms with Gasteiger partial charge in [-0.25, -0.2) is 0 Å². The molecule has 1 aliphatic rings. The minimum absolute atomic E-state index is 0.0453. The van der Waals surface area contributed by atoms with Gasteiger partial charge in [-0.2, -0.15) is 0 Å². The van der Waals surface area contributed by atoms with Crippen LogP contribution in [-0.4, -0.2) is 25.2 Å². The molecule has 1 amide bonds. The quantitative estimate of drug-likeness (QED) is 0.931. The number of ether oxygens (including phenoxy) is 1. The lowest BCUT2D eigenvalue weighted by Crippen LogP contribution is -2.31. The van der Waals surface area contributed by atoms with Crippen LogP contribution < -0.4 is 5.32 Å². The number of carbonyl (C=O) groups is 1. The van der Waals surface area contributed by atoms with E-state index in [1.165, 1.54) is 0 Å². The Balaban J connectivity index is 1.96. The van der Waals surface area contributed by atoms with Gasteiger partial charge in [-0.1, -0.05) is 11.6 Å². The maximum atomic E-state index is 12.0. The molecule has 1 aromatic rings. The van der Waals surface area contributed by atoms with E-state index >= 15 is 0 Å². The van der Waals surface area contributed by atoms with E-state index in [0.717, 1.165) is 29.5 Å². The highest BCUT2D eigenvalue weighted by Gasteiger charge is 2.17. The number of hydrogen-bond donors (Lipinski definition) is 1. The van der Waals surface area contributed by atoms with Crippen molar-refractivity contribution in [1.82, 2.24) is 5.32 Å². The smallest absolute Gasteiger partial charge is 0.252 e. The first-order chi connectivity index (χ1) is 8.16. The predicted molar refractivity (Wildman–Crippen MR) is 70.2 cm³/mol. The summed E-state index contributed by atoms with van der Waals surface area (Å²) < 4.78 is 6.29. The van der Waals surface area contributed by atoms with Crippen molar-refractivity contribution in [2.24, 2.45) is 0 Å². The second-order valence-corrected chi connectivity index (χ2v) is 5.18. The largest absolute Gasteiger partial charge is 0.376 e. The molecule has 0 bridgehead atoms. The molecule has 1 aromatic carbocycles. The van der Waals surface area contributed by atoms with Crippen molar-refractivity contribution in [1.29, 1.82) is 0 Å². The Bertz CT molecular complexity index is 414. The Morgan fingerprint density at radius 2 is 2.41 bits per heavy atom. The van der Waals surface area contributed by atoms with Gasteiger partial charge >= 0.3 is 0 Å². The Morgan fingerprint density at radius 1 is 1.59 bits per heavy atom. The molecule has 3 nitrogen and oxygen atoms in total. The van der Waals surface area contributed by atoms with Crippen LogP contribution in [-0.2, 0) is 4.74 Å². The summed E-state index contributed by atoms with van der Waals surface area (Å²) in [5.74, 6) is -0.0453. The summed E-state index contributed by atoms with van der Waals surface area (Å²) in [6, 6.07) is 5.76. The van der Waals surface area contributed by atoms with Gasteiger partial charge in [-0.05, 0) is 47.8 Å². The van der Waals surface area contributed by atoms with E-state index in [1.54, 1.807) is 0 Å². The summed E-state index contributed by atoms with van der Waals surface area (Å²) in [6.45, 7) is 3.39. The van der Waals surface area contributed by atoms with E-state index < -0.39 is 0 Å². The molecule has 0 spiro atoms. The number of hydrogen-bond acceptors (Lipinski definition) is 2. The van der Waals surface area contributed by atoms with E-state index in [0.29, 0.717) is 12.1 Å². The van der Waals surface area contributed by atoms with Crippen molar-refractivity contribution in [2.75, 3.05) is 13.2 Å². The lowest BCUT2D eigenvalue weighted by molar-refractivity contribution is 0.0857. The Kier molecular flexibility index (Phi) is 4.18. The zero-order valence-corrected chi connectivity index (χ0v) is 11.4. The van der Waals surface area contributed by atoms with Crippen LogP contribution in [0.25, 0.3) is 0 Å². The fourth-order valence-corrected chi connectivity index (χ4v) is 2.35. The van der Waals surface area contributed by atoms with Gasteiger partial charge in [0.05, 0.1) is 11.7 Å². The zero-order chi connectivity index (χ0) is 12.3. The lowest BCUT2D eigenvalue weighted by Gasteiger charge is -2.11. The molecular weight excluding hydrogens is 282 g/mol. The van der Waals surface area contributed by atoms with Gasteiger partial charge in [0.25, 0.3) is 5.91 Å². The highest BCUT2D eigenvalue weighted by molar-refractivity contribution is 9.10. The SMILES string of the molecule is Cc1ccc(Br)c(C(=O)NCC2CCCO2)c1. The van der Waals surface area contributed by atoms with Gasteiger partial charge in [0.15, 0.2) is 0 Å². The number of amides is 1. The standard InChI is InChI=1S/C13H16BrNO2/c1-9-4-5-12(14)11(7-9)13(16)15-8-10-3-2-6-17-10/h4-5,7,10H,2-3,6,8H2,1H3,(H,15,16). The summed E-state index contributed by atoms with van der Waals surface area (Å²) in [5.41, 5.74) is 1.76. The third-order valence-electron chi connectivity index (χ3n) is 2.88. The van der Waals surface area contributed by atoms with E-state index in [9.17, 15) is 4.79 Å². The van der Waals surface area contributed by atoms with Crippen molar-refractivity contribution in [2.45, 2.75) is 25.9 Å². The average Bonchev–Trinajstić information content (AvgIpc) is 2.82. The molecule has 1 heterocycles. The number of halogens is 1. The van der Waals surface area contributed by atoms with Gasteiger partial charge in [-0.15, -0.1) is 0 Å². The topological polar surface area (TPSA) is 38.3 Å². The Morgan fingerprint density at radius 3 is 3.12 bits per heavy atom. The maximum absolute atomic E-state index is 12.0. The van der Waals surface area contributed by atoms with Gasteiger partial charge in [0.1, 0.15) is 0 Å². The van der Waals surface area contributed by atoms with Crippen LogP contribution in [0.4, 0.5) is 0 Å². The van der Waals surface area contributed by atoms with Crippen molar-refractivity contribution < 1.29 is 9.53 Å². The first-order valence-corrected chi connectivity index (χ1v) is 6.62. The summed E-state index contributed by atoms with van der Waals surface area (Å²) in [6.07, 6.45) is 2.31. The molecule has 1 aliphatic heterocycles. The normalized spacial score (nSPS) is 19.3. The van der Waals surface area contributed by atoms with E-state index in [4.69, 9.17) is 4.74 Å². The van der Waals surface area contributed by atoms with Crippen LogP contribution in [0.2, 0.25) is 0 Å². The molecule has 1 fully saturated rings. The third-order valence-corrected chi connectivity index (χ3v) is 3.57. The first kappa shape index (κ1) is 12.6. The molecule has 0 radical (unpaired) electrons. The van der Waals surface area contributed by atoms with Gasteiger partial charge in [-0.3, -0.25) is 4.79 Å². The van der Waals surface area contributed by atoms with Gasteiger partial charge in [0.2, 0.25) is 0 Å². The van der Waals surface area contributed by atoms with Gasteiger partial charge < -0.3 is 10.1 Å². The van der Waals surface area contributed by atoms with Crippen molar-refractivity contribution in [3.05, 3.63) is 33.8 Å². The lowest BCUT2D eigenvalue weighted by atomic mass is 10.1. The molecule has 1 unspecified atom stereocenters. The second kappa shape index (κ2) is 5.65. The van der Waals surface area contributed by atoms with Crippen molar-refractivity contribution in [3.63, 3.8) is 0 Å². The number of carbonyl (C=O) groups excluding carboxylic acids is 1. The summed E-state index contributed by atoms with van der Waals surface area (Å²) >= 11 is 3.39. The first-order valence-electron chi connectivity index (χ1n) is 5.83. The van der Waals surface area contributed by atoms with Crippen LogP contribution in [0.15, 0.2) is 22.7 Å². The molecule has 2 rings (SSSR count). The number of rotatable bonds is 3. The van der Waals surface area contributed by atoms with Crippen LogP contribution in [0.5, 0.6) is 0 Å². The van der Waals surface area contributed by atoms with Gasteiger partial charge in [0, 0.05) is 17.6 Å². The van der Waals surface area contributed by atoms with Crippen molar-refractivity contribution in [3.8, 4) is 0 Å². The summed E-state index contributed by atoms with van der Waals surface area (Å²) in [7, 11) is 0. The number of benzene rings is 1. The molecule has 1 saturated heterocycles. The summed E-state index contributed by atoms with van der Waals surface area (Å²) in [4.78, 5) is 12.0. The van der Waals surface area contributed by atoms with Crippen LogP contribution >= 0.6 is 15.9 Å². The van der Waals surface area contributed by atoms with Crippen molar-refractivity contribution >= 4 is 21.8 Å². The zero-order valence-electron chi connectivity index (χ0n) is 9.83. The van der Waals surface area contributed by atoms with E-state index in [-0.39, 0.29) is 12.0 Å². The van der Waals surface area contributed by atoms with E-state index in [1.807, 2.05) is 25.1 Å². The maximum Gasteiger partial charge on any atom is 0.252 e. The minimum Gasteiger partial charge on any atom is -0.376 e. The minimum atomic E-state index is -0.0453. The third kappa shape index (κ3) is 3.30. The predicted octanol–water partition coefficient (Wildman–Crippen LogP) is 2.67. The highest BCUT2D eigenvalue weighted by Crippen LogP contribution is 2.18. The van der Waals surface area contributed by atoms with Crippen LogP contribution in [0, 0.1) is 6.92 Å². The molecule has 1 N–H and O–H groups in total. The fraction of sp³-hybridized carbons (Fsp3) is 0.462. The molecule has 92 valence electrons. The molecule has 0 saturated carbocycles. The average molecular weight is 298 g/mol. The monoisotopic (exact) mass is 297 g/mol.